The number of nitrogens with one attached hydrogen (secondary N) is 1. The maximum atomic E-state index is 12.9. The van der Waals surface area contributed by atoms with Crippen LogP contribution in [0.4, 0.5) is 17.1 Å². The van der Waals surface area contributed by atoms with Crippen molar-refractivity contribution in [3.05, 3.63) is 58.1 Å². The van der Waals surface area contributed by atoms with Crippen LogP contribution in [0.25, 0.3) is 0 Å². The van der Waals surface area contributed by atoms with Gasteiger partial charge in [-0.2, -0.15) is 0 Å². The zero-order valence-electron chi connectivity index (χ0n) is 16.6. The summed E-state index contributed by atoms with van der Waals surface area (Å²) in [5, 5.41) is 13.8. The Labute approximate surface area is 169 Å². The number of carbonyl (C=O) groups is 1. The summed E-state index contributed by atoms with van der Waals surface area (Å²) in [5.41, 5.74) is 0.804. The summed E-state index contributed by atoms with van der Waals surface area (Å²) in [6.45, 7) is 3.30. The molecule has 0 aliphatic carbocycles. The molecule has 0 fully saturated rings. The van der Waals surface area contributed by atoms with Gasteiger partial charge in [0.25, 0.3) is 5.69 Å². The Morgan fingerprint density at radius 2 is 1.86 bits per heavy atom. The highest BCUT2D eigenvalue weighted by atomic mass is 32.2. The van der Waals surface area contributed by atoms with E-state index in [0.29, 0.717) is 17.0 Å². The molecule has 2 aromatic carbocycles. The molecule has 0 bridgehead atoms. The molecule has 0 saturated carbocycles. The first kappa shape index (κ1) is 22.2. The minimum absolute atomic E-state index is 0.0958. The molecule has 2 aromatic rings. The van der Waals surface area contributed by atoms with E-state index in [1.165, 1.54) is 25.3 Å². The average Bonchev–Trinajstić information content (AvgIpc) is 2.66. The minimum atomic E-state index is -3.91. The largest absolute Gasteiger partial charge is 0.497 e. The van der Waals surface area contributed by atoms with Crippen LogP contribution in [0.2, 0.25) is 0 Å². The van der Waals surface area contributed by atoms with Crippen LogP contribution in [-0.2, 0) is 14.8 Å². The number of amides is 1. The number of hydrogen-bond donors (Lipinski definition) is 1. The number of nitro groups is 1. The van der Waals surface area contributed by atoms with E-state index in [0.717, 1.165) is 10.6 Å². The SMILES string of the molecule is CCC(C(=O)Nc1ccc(OC)cc1)N(c1cc([N+](=O)[O-])ccc1C)S(C)(=O)=O. The highest BCUT2D eigenvalue weighted by molar-refractivity contribution is 7.92. The average molecular weight is 421 g/mol. The number of hydrogen-bond acceptors (Lipinski definition) is 6. The van der Waals surface area contributed by atoms with Crippen LogP contribution >= 0.6 is 0 Å². The van der Waals surface area contributed by atoms with E-state index in [-0.39, 0.29) is 17.8 Å². The lowest BCUT2D eigenvalue weighted by molar-refractivity contribution is -0.384. The van der Waals surface area contributed by atoms with Gasteiger partial charge in [-0.25, -0.2) is 8.42 Å². The topological polar surface area (TPSA) is 119 Å². The molecule has 0 aliphatic rings. The lowest BCUT2D eigenvalue weighted by Crippen LogP contribution is -2.47. The molecule has 29 heavy (non-hydrogen) atoms. The highest BCUT2D eigenvalue weighted by Crippen LogP contribution is 2.30. The Kier molecular flexibility index (Phi) is 6.80. The number of rotatable bonds is 8. The zero-order valence-corrected chi connectivity index (χ0v) is 17.4. The van der Waals surface area contributed by atoms with Gasteiger partial charge in [0, 0.05) is 17.8 Å². The second-order valence-electron chi connectivity index (χ2n) is 6.43. The van der Waals surface area contributed by atoms with Gasteiger partial charge in [0.1, 0.15) is 11.8 Å². The first-order valence-corrected chi connectivity index (χ1v) is 10.6. The van der Waals surface area contributed by atoms with Crippen LogP contribution in [0.15, 0.2) is 42.5 Å². The van der Waals surface area contributed by atoms with Crippen LogP contribution in [0.3, 0.4) is 0 Å². The number of sulfonamides is 1. The minimum Gasteiger partial charge on any atom is -0.497 e. The summed E-state index contributed by atoms with van der Waals surface area (Å²) in [5.74, 6) is 0.0639. The molecule has 2 rings (SSSR count). The number of nitro benzene ring substituents is 1. The van der Waals surface area contributed by atoms with Gasteiger partial charge in [0.15, 0.2) is 0 Å². The van der Waals surface area contributed by atoms with E-state index in [1.54, 1.807) is 38.1 Å². The molecule has 0 radical (unpaired) electrons. The molecular formula is C19H23N3O6S. The maximum Gasteiger partial charge on any atom is 0.271 e. The van der Waals surface area contributed by atoms with Crippen molar-refractivity contribution in [1.82, 2.24) is 0 Å². The third-order valence-corrected chi connectivity index (χ3v) is 5.49. The standard InChI is InChI=1S/C19H23N3O6S/c1-5-17(19(23)20-14-7-10-16(28-3)11-8-14)21(29(4,26)27)18-12-15(22(24)25)9-6-13(18)2/h6-12,17H,5H2,1-4H3,(H,20,23). The monoisotopic (exact) mass is 421 g/mol. The first-order chi connectivity index (χ1) is 13.6. The van der Waals surface area contributed by atoms with Crippen molar-refractivity contribution in [2.24, 2.45) is 0 Å². The third-order valence-electron chi connectivity index (χ3n) is 4.33. The number of anilines is 2. The van der Waals surface area contributed by atoms with Gasteiger partial charge >= 0.3 is 0 Å². The summed E-state index contributed by atoms with van der Waals surface area (Å²) in [6.07, 6.45) is 1.13. The van der Waals surface area contributed by atoms with E-state index in [9.17, 15) is 23.3 Å². The molecule has 10 heteroatoms. The molecule has 0 heterocycles. The van der Waals surface area contributed by atoms with E-state index >= 15 is 0 Å². The summed E-state index contributed by atoms with van der Waals surface area (Å²) in [6, 6.07) is 9.41. The molecule has 1 unspecified atom stereocenters. The predicted molar refractivity (Wildman–Crippen MR) is 111 cm³/mol. The summed E-state index contributed by atoms with van der Waals surface area (Å²) in [7, 11) is -2.39. The van der Waals surface area contributed by atoms with E-state index in [1.807, 2.05) is 0 Å². The molecule has 0 saturated heterocycles. The second kappa shape index (κ2) is 8.91. The van der Waals surface area contributed by atoms with Gasteiger partial charge in [0.2, 0.25) is 15.9 Å². The summed E-state index contributed by atoms with van der Waals surface area (Å²) < 4.78 is 31.1. The smallest absolute Gasteiger partial charge is 0.271 e. The third kappa shape index (κ3) is 5.23. The quantitative estimate of drug-likeness (QED) is 0.517. The lowest BCUT2D eigenvalue weighted by atomic mass is 10.1. The van der Waals surface area contributed by atoms with Gasteiger partial charge in [-0.3, -0.25) is 19.2 Å². The van der Waals surface area contributed by atoms with Crippen molar-refractivity contribution in [3.63, 3.8) is 0 Å². The fourth-order valence-corrected chi connectivity index (χ4v) is 4.15. The molecule has 156 valence electrons. The van der Waals surface area contributed by atoms with Crippen LogP contribution in [0.5, 0.6) is 5.75 Å². The van der Waals surface area contributed by atoms with Crippen LogP contribution in [-0.4, -0.2) is 38.7 Å². The number of carbonyl (C=O) groups excluding carboxylic acids is 1. The Bertz CT molecular complexity index is 1010. The normalized spacial score (nSPS) is 12.1. The van der Waals surface area contributed by atoms with Crippen LogP contribution < -0.4 is 14.4 Å². The number of methoxy groups -OCH3 is 1. The highest BCUT2D eigenvalue weighted by Gasteiger charge is 2.33. The summed E-state index contributed by atoms with van der Waals surface area (Å²) in [4.78, 5) is 23.4. The fourth-order valence-electron chi connectivity index (χ4n) is 2.88. The van der Waals surface area contributed by atoms with Gasteiger partial charge in [-0.15, -0.1) is 0 Å². The molecule has 0 aliphatic heterocycles. The van der Waals surface area contributed by atoms with Gasteiger partial charge in [-0.1, -0.05) is 13.0 Å². The van der Waals surface area contributed by atoms with Crippen molar-refractivity contribution >= 4 is 33.0 Å². The molecule has 9 nitrogen and oxygen atoms in total. The first-order valence-electron chi connectivity index (χ1n) is 8.77. The summed E-state index contributed by atoms with van der Waals surface area (Å²) >= 11 is 0. The number of nitrogens with zero attached hydrogens (tertiary/aromatic N) is 2. The Hall–Kier alpha value is -3.14. The predicted octanol–water partition coefficient (Wildman–Crippen LogP) is 3.10. The number of ether oxygens (including phenoxy) is 1. The number of non-ortho nitro benzene ring substituents is 1. The van der Waals surface area contributed by atoms with Gasteiger partial charge < -0.3 is 10.1 Å². The molecular weight excluding hydrogens is 398 g/mol. The van der Waals surface area contributed by atoms with Crippen molar-refractivity contribution in [3.8, 4) is 5.75 Å². The van der Waals surface area contributed by atoms with Crippen molar-refractivity contribution in [1.29, 1.82) is 0 Å². The van der Waals surface area contributed by atoms with Gasteiger partial charge in [-0.05, 0) is 43.2 Å². The van der Waals surface area contributed by atoms with Crippen LogP contribution in [0, 0.1) is 17.0 Å². The second-order valence-corrected chi connectivity index (χ2v) is 8.29. The zero-order chi connectivity index (χ0) is 21.8. The molecule has 0 aromatic heterocycles. The van der Waals surface area contributed by atoms with Crippen LogP contribution in [0.1, 0.15) is 18.9 Å². The number of aryl methyl sites for hydroxylation is 1. The molecule has 1 atom stereocenters. The fraction of sp³-hybridized carbons (Fsp3) is 0.316. The van der Waals surface area contributed by atoms with Crippen molar-refractivity contribution in [2.75, 3.05) is 23.0 Å². The van der Waals surface area contributed by atoms with E-state index in [2.05, 4.69) is 5.32 Å². The molecule has 1 amide bonds. The lowest BCUT2D eigenvalue weighted by Gasteiger charge is -2.31. The van der Waals surface area contributed by atoms with Crippen molar-refractivity contribution < 1.29 is 22.9 Å². The maximum absolute atomic E-state index is 12.9. The Balaban J connectivity index is 2.45. The van der Waals surface area contributed by atoms with Crippen molar-refractivity contribution in [2.45, 2.75) is 26.3 Å². The molecule has 0 spiro atoms. The number of benzene rings is 2. The Morgan fingerprint density at radius 3 is 2.34 bits per heavy atom. The molecule has 1 N–H and O–H groups in total. The van der Waals surface area contributed by atoms with E-state index in [4.69, 9.17) is 4.74 Å². The van der Waals surface area contributed by atoms with Gasteiger partial charge in [0.05, 0.1) is 24.0 Å². The van der Waals surface area contributed by atoms with E-state index < -0.39 is 26.9 Å². The Morgan fingerprint density at radius 1 is 1.24 bits per heavy atom.